The highest BCUT2D eigenvalue weighted by atomic mass is 16.5. The maximum Gasteiger partial charge on any atom is 0.341 e. The molecule has 0 saturated heterocycles. The van der Waals surface area contributed by atoms with Crippen LogP contribution in [0.2, 0.25) is 0 Å². The summed E-state index contributed by atoms with van der Waals surface area (Å²) in [4.78, 5) is 12.1. The fourth-order valence-electron chi connectivity index (χ4n) is 2.55. The van der Waals surface area contributed by atoms with Gasteiger partial charge >= 0.3 is 5.97 Å². The van der Waals surface area contributed by atoms with E-state index in [1.54, 1.807) is 55.6 Å². The molecule has 1 aliphatic heterocycles. The van der Waals surface area contributed by atoms with Crippen LogP contribution in [-0.2, 0) is 9.53 Å². The number of aliphatic hydroxyl groups is 1. The second-order valence-corrected chi connectivity index (χ2v) is 5.02. The van der Waals surface area contributed by atoms with Gasteiger partial charge in [0.05, 0.1) is 19.8 Å². The highest BCUT2D eigenvalue weighted by Gasteiger charge is 2.35. The zero-order valence-corrected chi connectivity index (χ0v) is 12.8. The van der Waals surface area contributed by atoms with Crippen molar-refractivity contribution in [3.8, 4) is 11.5 Å². The van der Waals surface area contributed by atoms with Crippen LogP contribution in [-0.4, -0.2) is 25.3 Å². The maximum atomic E-state index is 12.1. The summed E-state index contributed by atoms with van der Waals surface area (Å²) in [5, 5.41) is 10.5. The smallest absolute Gasteiger partial charge is 0.341 e. The van der Waals surface area contributed by atoms with Crippen LogP contribution >= 0.6 is 0 Å². The van der Waals surface area contributed by atoms with Gasteiger partial charge in [0, 0.05) is 0 Å². The lowest BCUT2D eigenvalue weighted by Crippen LogP contribution is -2.23. The molecular weight excluding hydrogens is 296 g/mol. The zero-order chi connectivity index (χ0) is 16.4. The van der Waals surface area contributed by atoms with Crippen LogP contribution in [0.25, 0.3) is 5.76 Å². The summed E-state index contributed by atoms with van der Waals surface area (Å²) in [7, 11) is 2.85. The van der Waals surface area contributed by atoms with Crippen molar-refractivity contribution in [3.63, 3.8) is 0 Å². The molecule has 1 aliphatic rings. The molecule has 0 aliphatic carbocycles. The molecule has 1 heterocycles. The van der Waals surface area contributed by atoms with Gasteiger partial charge in [-0.2, -0.15) is 0 Å². The molecule has 5 nitrogen and oxygen atoms in total. The van der Waals surface area contributed by atoms with Gasteiger partial charge in [-0.25, -0.2) is 4.79 Å². The molecule has 23 heavy (non-hydrogen) atoms. The molecule has 2 aromatic rings. The Balaban J connectivity index is 2.11. The Bertz CT molecular complexity index is 761. The van der Waals surface area contributed by atoms with Gasteiger partial charge < -0.3 is 19.3 Å². The van der Waals surface area contributed by atoms with Crippen LogP contribution in [0.15, 0.2) is 54.1 Å². The number of hydrogen-bond donors (Lipinski definition) is 1. The van der Waals surface area contributed by atoms with Gasteiger partial charge in [-0.05, 0) is 29.8 Å². The summed E-state index contributed by atoms with van der Waals surface area (Å²) in [6.45, 7) is 0. The van der Waals surface area contributed by atoms with Crippen molar-refractivity contribution >= 4 is 11.7 Å². The van der Waals surface area contributed by atoms with E-state index in [4.69, 9.17) is 14.2 Å². The van der Waals surface area contributed by atoms with E-state index in [2.05, 4.69) is 0 Å². The minimum atomic E-state index is -0.747. The van der Waals surface area contributed by atoms with Crippen LogP contribution in [0.1, 0.15) is 17.2 Å². The van der Waals surface area contributed by atoms with Crippen LogP contribution in [0, 0.1) is 0 Å². The van der Waals surface area contributed by atoms with Crippen LogP contribution in [0.4, 0.5) is 0 Å². The molecule has 0 bridgehead atoms. The number of aliphatic hydroxyl groups excluding tert-OH is 1. The van der Waals surface area contributed by atoms with Crippen molar-refractivity contribution < 1.29 is 24.1 Å². The molecule has 118 valence electrons. The number of esters is 1. The first-order valence-electron chi connectivity index (χ1n) is 7.07. The first kappa shape index (κ1) is 15.0. The highest BCUT2D eigenvalue weighted by molar-refractivity contribution is 5.98. The van der Waals surface area contributed by atoms with Crippen LogP contribution in [0.3, 0.4) is 0 Å². The van der Waals surface area contributed by atoms with E-state index in [9.17, 15) is 9.90 Å². The zero-order valence-electron chi connectivity index (χ0n) is 12.8. The van der Waals surface area contributed by atoms with Gasteiger partial charge in [-0.1, -0.05) is 24.3 Å². The van der Waals surface area contributed by atoms with E-state index < -0.39 is 12.1 Å². The number of ether oxygens (including phenoxy) is 3. The summed E-state index contributed by atoms with van der Waals surface area (Å²) < 4.78 is 15.9. The standard InChI is InChI=1S/C18H16O5/c1-21-12-9-7-11(8-10-12)17-15(18(20)22-2)16(19)13-5-3-4-6-14(13)23-17/h3-10,17,19H,1-2H3. The Morgan fingerprint density at radius 1 is 1.09 bits per heavy atom. The fraction of sp³-hybridized carbons (Fsp3) is 0.167. The Kier molecular flexibility index (Phi) is 3.93. The van der Waals surface area contributed by atoms with Crippen molar-refractivity contribution in [2.45, 2.75) is 6.10 Å². The van der Waals surface area contributed by atoms with Crippen molar-refractivity contribution in [2.24, 2.45) is 0 Å². The number of hydrogen-bond acceptors (Lipinski definition) is 5. The lowest BCUT2D eigenvalue weighted by atomic mass is 9.94. The molecule has 0 saturated carbocycles. The average Bonchev–Trinajstić information content (AvgIpc) is 2.61. The quantitative estimate of drug-likeness (QED) is 0.881. The molecule has 0 radical (unpaired) electrons. The average molecular weight is 312 g/mol. The number of methoxy groups -OCH3 is 2. The second kappa shape index (κ2) is 6.04. The van der Waals surface area contributed by atoms with Crippen molar-refractivity contribution in [3.05, 3.63) is 65.2 Å². The molecule has 1 N–H and O–H groups in total. The molecule has 0 spiro atoms. The number of carbonyl (C=O) groups excluding carboxylic acids is 1. The molecule has 1 unspecified atom stereocenters. The first-order chi connectivity index (χ1) is 11.2. The third-order valence-corrected chi connectivity index (χ3v) is 3.73. The van der Waals surface area contributed by atoms with Gasteiger partial charge in [0.25, 0.3) is 0 Å². The molecule has 0 aromatic heterocycles. The van der Waals surface area contributed by atoms with Crippen LogP contribution in [0.5, 0.6) is 11.5 Å². The van der Waals surface area contributed by atoms with Crippen molar-refractivity contribution in [1.82, 2.24) is 0 Å². The number of fused-ring (bicyclic) bond motifs is 1. The Hall–Kier alpha value is -2.95. The Morgan fingerprint density at radius 3 is 2.43 bits per heavy atom. The van der Waals surface area contributed by atoms with Gasteiger partial charge in [0.2, 0.25) is 0 Å². The topological polar surface area (TPSA) is 65.0 Å². The summed E-state index contributed by atoms with van der Waals surface area (Å²) in [6.07, 6.45) is -0.747. The van der Waals surface area contributed by atoms with E-state index in [1.165, 1.54) is 7.11 Å². The number of rotatable bonds is 3. The Morgan fingerprint density at radius 2 is 1.78 bits per heavy atom. The predicted molar refractivity (Wildman–Crippen MR) is 84.4 cm³/mol. The number of para-hydroxylation sites is 1. The predicted octanol–water partition coefficient (Wildman–Crippen LogP) is 3.27. The summed E-state index contributed by atoms with van der Waals surface area (Å²) >= 11 is 0. The van der Waals surface area contributed by atoms with Gasteiger partial charge in [0.1, 0.15) is 22.8 Å². The molecule has 0 fully saturated rings. The second-order valence-electron chi connectivity index (χ2n) is 5.02. The molecule has 1 atom stereocenters. The lowest BCUT2D eigenvalue weighted by molar-refractivity contribution is -0.137. The number of benzene rings is 2. The minimum absolute atomic E-state index is 0.0800. The monoisotopic (exact) mass is 312 g/mol. The van der Waals surface area contributed by atoms with E-state index in [-0.39, 0.29) is 11.3 Å². The third kappa shape index (κ3) is 2.61. The van der Waals surface area contributed by atoms with E-state index in [0.717, 1.165) is 0 Å². The normalized spacial score (nSPS) is 16.3. The fourth-order valence-corrected chi connectivity index (χ4v) is 2.55. The SMILES string of the molecule is COC(=O)C1=C(O)c2ccccc2OC1c1ccc(OC)cc1. The van der Waals surface area contributed by atoms with E-state index in [0.29, 0.717) is 22.6 Å². The van der Waals surface area contributed by atoms with Gasteiger partial charge in [-0.15, -0.1) is 0 Å². The first-order valence-corrected chi connectivity index (χ1v) is 7.07. The maximum absolute atomic E-state index is 12.1. The number of carbonyl (C=O) groups is 1. The lowest BCUT2D eigenvalue weighted by Gasteiger charge is -2.28. The molecule has 3 rings (SSSR count). The highest BCUT2D eigenvalue weighted by Crippen LogP contribution is 2.41. The molecular formula is C18H16O5. The van der Waals surface area contributed by atoms with E-state index >= 15 is 0 Å². The Labute approximate surface area is 133 Å². The van der Waals surface area contributed by atoms with E-state index in [1.807, 2.05) is 0 Å². The minimum Gasteiger partial charge on any atom is -0.506 e. The van der Waals surface area contributed by atoms with Crippen molar-refractivity contribution in [1.29, 1.82) is 0 Å². The van der Waals surface area contributed by atoms with Crippen molar-refractivity contribution in [2.75, 3.05) is 14.2 Å². The van der Waals surface area contributed by atoms with Gasteiger partial charge in [0.15, 0.2) is 6.10 Å². The molecule has 5 heteroatoms. The van der Waals surface area contributed by atoms with Crippen LogP contribution < -0.4 is 9.47 Å². The third-order valence-electron chi connectivity index (χ3n) is 3.73. The summed E-state index contributed by atoms with van der Waals surface area (Å²) in [5.74, 6) is 0.452. The largest absolute Gasteiger partial charge is 0.506 e. The molecule has 0 amide bonds. The summed E-state index contributed by atoms with van der Waals surface area (Å²) in [5.41, 5.74) is 1.27. The summed E-state index contributed by atoms with van der Waals surface area (Å²) in [6, 6.07) is 14.1. The molecule has 2 aromatic carbocycles. The van der Waals surface area contributed by atoms with Gasteiger partial charge in [-0.3, -0.25) is 0 Å².